The molecule has 0 saturated carbocycles. The Morgan fingerprint density at radius 2 is 1.04 bits per heavy atom. The Kier molecular flexibility index (Phi) is 4.75. The standard InChI is InChI=1S/C27H25N/c1-27(2,22-14-7-4-8-15-22)23-16-9-13-21(19-23)25-18-10-17-24(26(25)28)20-11-5-3-6-12-20/h3-19H,28H2,1-2H3. The SMILES string of the molecule is CC(C)(c1ccccc1)c1cccc(-c2cccc(-c3ccccc3)c2N)c1. The molecule has 0 amide bonds. The predicted octanol–water partition coefficient (Wildman–Crippen LogP) is 6.93. The van der Waals surface area contributed by atoms with Crippen LogP contribution < -0.4 is 5.73 Å². The van der Waals surface area contributed by atoms with E-state index in [-0.39, 0.29) is 5.41 Å². The van der Waals surface area contributed by atoms with Crippen LogP contribution in [0.4, 0.5) is 5.69 Å². The zero-order chi connectivity index (χ0) is 19.6. The second-order valence-electron chi connectivity index (χ2n) is 7.70. The molecular formula is C27H25N. The minimum absolute atomic E-state index is 0.0803. The number of para-hydroxylation sites is 1. The Morgan fingerprint density at radius 1 is 0.536 bits per heavy atom. The topological polar surface area (TPSA) is 26.0 Å². The molecule has 1 nitrogen and oxygen atoms in total. The van der Waals surface area contributed by atoms with E-state index in [1.807, 2.05) is 18.2 Å². The molecule has 138 valence electrons. The fourth-order valence-corrected chi connectivity index (χ4v) is 3.78. The van der Waals surface area contributed by atoms with Gasteiger partial charge in [0.1, 0.15) is 0 Å². The van der Waals surface area contributed by atoms with E-state index in [0.717, 1.165) is 27.9 Å². The molecule has 4 rings (SSSR count). The van der Waals surface area contributed by atoms with E-state index in [0.29, 0.717) is 0 Å². The van der Waals surface area contributed by atoms with Gasteiger partial charge in [-0.05, 0) is 22.3 Å². The summed E-state index contributed by atoms with van der Waals surface area (Å²) in [5.41, 5.74) is 14.4. The van der Waals surface area contributed by atoms with Gasteiger partial charge >= 0.3 is 0 Å². The summed E-state index contributed by atoms with van der Waals surface area (Å²) < 4.78 is 0. The van der Waals surface area contributed by atoms with Crippen LogP contribution in [0, 0.1) is 0 Å². The number of nitrogen functional groups attached to an aromatic ring is 1. The molecule has 4 aromatic rings. The molecule has 0 unspecified atom stereocenters. The van der Waals surface area contributed by atoms with Gasteiger partial charge in [-0.3, -0.25) is 0 Å². The summed E-state index contributed by atoms with van der Waals surface area (Å²) in [6, 6.07) is 36.0. The lowest BCUT2D eigenvalue weighted by Gasteiger charge is -2.27. The summed E-state index contributed by atoms with van der Waals surface area (Å²) in [6.07, 6.45) is 0. The molecule has 0 fully saturated rings. The average molecular weight is 364 g/mol. The van der Waals surface area contributed by atoms with E-state index < -0.39 is 0 Å². The van der Waals surface area contributed by atoms with Crippen molar-refractivity contribution in [3.05, 3.63) is 114 Å². The minimum atomic E-state index is -0.0803. The van der Waals surface area contributed by atoms with Crippen LogP contribution in [-0.2, 0) is 5.41 Å². The maximum Gasteiger partial charge on any atom is 0.0473 e. The van der Waals surface area contributed by atoms with Crippen LogP contribution in [0.5, 0.6) is 0 Å². The van der Waals surface area contributed by atoms with Gasteiger partial charge < -0.3 is 5.73 Å². The van der Waals surface area contributed by atoms with Crippen molar-refractivity contribution in [1.82, 2.24) is 0 Å². The highest BCUT2D eigenvalue weighted by atomic mass is 14.6. The molecule has 0 spiro atoms. The molecule has 0 aliphatic heterocycles. The predicted molar refractivity (Wildman–Crippen MR) is 120 cm³/mol. The maximum absolute atomic E-state index is 6.62. The monoisotopic (exact) mass is 363 g/mol. The van der Waals surface area contributed by atoms with E-state index in [2.05, 4.69) is 98.8 Å². The van der Waals surface area contributed by atoms with E-state index in [9.17, 15) is 0 Å². The second-order valence-corrected chi connectivity index (χ2v) is 7.70. The molecule has 2 N–H and O–H groups in total. The Bertz CT molecular complexity index is 1080. The molecule has 4 aromatic carbocycles. The summed E-state index contributed by atoms with van der Waals surface area (Å²) in [6.45, 7) is 4.54. The normalized spacial score (nSPS) is 11.4. The quantitative estimate of drug-likeness (QED) is 0.391. The molecule has 0 aromatic heterocycles. The van der Waals surface area contributed by atoms with E-state index in [4.69, 9.17) is 5.73 Å². The lowest BCUT2D eigenvalue weighted by Crippen LogP contribution is -2.18. The van der Waals surface area contributed by atoms with Crippen LogP contribution in [0.15, 0.2) is 103 Å². The molecule has 0 heterocycles. The van der Waals surface area contributed by atoms with Crippen LogP contribution >= 0.6 is 0 Å². The highest BCUT2D eigenvalue weighted by molar-refractivity contribution is 5.89. The number of hydrogen-bond acceptors (Lipinski definition) is 1. The zero-order valence-electron chi connectivity index (χ0n) is 16.4. The highest BCUT2D eigenvalue weighted by Crippen LogP contribution is 2.37. The summed E-state index contributed by atoms with van der Waals surface area (Å²) >= 11 is 0. The van der Waals surface area contributed by atoms with Crippen LogP contribution in [0.1, 0.15) is 25.0 Å². The highest BCUT2D eigenvalue weighted by Gasteiger charge is 2.23. The molecule has 0 atom stereocenters. The summed E-state index contributed by atoms with van der Waals surface area (Å²) in [4.78, 5) is 0. The lowest BCUT2D eigenvalue weighted by molar-refractivity contribution is 0.641. The molecule has 0 aliphatic carbocycles. The number of anilines is 1. The van der Waals surface area contributed by atoms with Crippen LogP contribution in [0.3, 0.4) is 0 Å². The third kappa shape index (κ3) is 3.32. The average Bonchev–Trinajstić information content (AvgIpc) is 2.75. The Morgan fingerprint density at radius 3 is 1.71 bits per heavy atom. The fraction of sp³-hybridized carbons (Fsp3) is 0.111. The zero-order valence-corrected chi connectivity index (χ0v) is 16.4. The van der Waals surface area contributed by atoms with Gasteiger partial charge in [0.25, 0.3) is 0 Å². The lowest BCUT2D eigenvalue weighted by atomic mass is 9.77. The van der Waals surface area contributed by atoms with E-state index >= 15 is 0 Å². The van der Waals surface area contributed by atoms with Crippen LogP contribution in [0.2, 0.25) is 0 Å². The van der Waals surface area contributed by atoms with Crippen molar-refractivity contribution in [3.63, 3.8) is 0 Å². The van der Waals surface area contributed by atoms with Gasteiger partial charge in [0.15, 0.2) is 0 Å². The first kappa shape index (κ1) is 18.1. The number of nitrogens with two attached hydrogens (primary N) is 1. The Balaban J connectivity index is 1.79. The van der Waals surface area contributed by atoms with Gasteiger partial charge in [0, 0.05) is 22.2 Å². The van der Waals surface area contributed by atoms with Crippen molar-refractivity contribution in [2.75, 3.05) is 5.73 Å². The fourth-order valence-electron chi connectivity index (χ4n) is 3.78. The second kappa shape index (κ2) is 7.36. The van der Waals surface area contributed by atoms with Crippen molar-refractivity contribution >= 4 is 5.69 Å². The van der Waals surface area contributed by atoms with Gasteiger partial charge in [0.05, 0.1) is 0 Å². The van der Waals surface area contributed by atoms with E-state index in [1.54, 1.807) is 0 Å². The molecule has 0 bridgehead atoms. The van der Waals surface area contributed by atoms with Gasteiger partial charge in [-0.15, -0.1) is 0 Å². The van der Waals surface area contributed by atoms with Gasteiger partial charge in [-0.2, -0.15) is 0 Å². The summed E-state index contributed by atoms with van der Waals surface area (Å²) in [5, 5.41) is 0. The first-order valence-electron chi connectivity index (χ1n) is 9.68. The number of rotatable bonds is 4. The minimum Gasteiger partial charge on any atom is -0.398 e. The number of benzene rings is 4. The van der Waals surface area contributed by atoms with Crippen molar-refractivity contribution in [3.8, 4) is 22.3 Å². The third-order valence-electron chi connectivity index (χ3n) is 5.58. The molecule has 0 radical (unpaired) electrons. The van der Waals surface area contributed by atoms with E-state index in [1.165, 1.54) is 11.1 Å². The molecule has 28 heavy (non-hydrogen) atoms. The Hall–Kier alpha value is -3.32. The maximum atomic E-state index is 6.62. The summed E-state index contributed by atoms with van der Waals surface area (Å²) in [5.74, 6) is 0. The van der Waals surface area contributed by atoms with Crippen LogP contribution in [-0.4, -0.2) is 0 Å². The van der Waals surface area contributed by atoms with Crippen molar-refractivity contribution < 1.29 is 0 Å². The first-order chi connectivity index (χ1) is 13.6. The molecule has 0 saturated heterocycles. The number of hydrogen-bond donors (Lipinski definition) is 1. The van der Waals surface area contributed by atoms with Gasteiger partial charge in [-0.25, -0.2) is 0 Å². The molecular weight excluding hydrogens is 338 g/mol. The molecule has 1 heteroatoms. The van der Waals surface area contributed by atoms with Gasteiger partial charge in [0.2, 0.25) is 0 Å². The smallest absolute Gasteiger partial charge is 0.0473 e. The molecule has 0 aliphatic rings. The van der Waals surface area contributed by atoms with Gasteiger partial charge in [-0.1, -0.05) is 117 Å². The Labute approximate surface area is 167 Å². The van der Waals surface area contributed by atoms with Crippen molar-refractivity contribution in [2.24, 2.45) is 0 Å². The largest absolute Gasteiger partial charge is 0.398 e. The first-order valence-corrected chi connectivity index (χ1v) is 9.68. The van der Waals surface area contributed by atoms with Crippen molar-refractivity contribution in [2.45, 2.75) is 19.3 Å². The van der Waals surface area contributed by atoms with Crippen molar-refractivity contribution in [1.29, 1.82) is 0 Å². The van der Waals surface area contributed by atoms with Crippen LogP contribution in [0.25, 0.3) is 22.3 Å². The summed E-state index contributed by atoms with van der Waals surface area (Å²) in [7, 11) is 0. The third-order valence-corrected chi connectivity index (χ3v) is 5.58.